The standard InChI is InChI=1S/C14H21N5O/c1-10(2)19-7-5-15-13(19)9-18-6-4-12(8-18)14-16-11(3)17-20-14/h5,7,10,12H,4,6,8-9H2,1-3H3/t12-/m1/s1. The Labute approximate surface area is 118 Å². The fraction of sp³-hybridized carbons (Fsp3) is 0.643. The number of nitrogens with zero attached hydrogens (tertiary/aromatic N) is 5. The van der Waals surface area contributed by atoms with Gasteiger partial charge in [-0.15, -0.1) is 0 Å². The SMILES string of the molecule is Cc1noc([C@@H]2CCN(Cc3nccn3C(C)C)C2)n1. The summed E-state index contributed by atoms with van der Waals surface area (Å²) in [6, 6.07) is 0.449. The van der Waals surface area contributed by atoms with E-state index in [1.165, 1.54) is 0 Å². The minimum absolute atomic E-state index is 0.360. The number of hydrogen-bond acceptors (Lipinski definition) is 5. The molecule has 1 aliphatic heterocycles. The molecule has 20 heavy (non-hydrogen) atoms. The van der Waals surface area contributed by atoms with Gasteiger partial charge in [-0.1, -0.05) is 5.16 Å². The van der Waals surface area contributed by atoms with Gasteiger partial charge in [0, 0.05) is 25.0 Å². The van der Waals surface area contributed by atoms with Gasteiger partial charge in [-0.2, -0.15) is 4.98 Å². The van der Waals surface area contributed by atoms with Crippen molar-refractivity contribution in [1.82, 2.24) is 24.6 Å². The van der Waals surface area contributed by atoms with Gasteiger partial charge in [0.15, 0.2) is 5.82 Å². The molecular formula is C14H21N5O. The summed E-state index contributed by atoms with van der Waals surface area (Å²) in [5.41, 5.74) is 0. The van der Waals surface area contributed by atoms with Crippen molar-refractivity contribution in [1.29, 1.82) is 0 Å². The lowest BCUT2D eigenvalue weighted by atomic mass is 10.1. The summed E-state index contributed by atoms with van der Waals surface area (Å²) in [4.78, 5) is 11.2. The van der Waals surface area contributed by atoms with Crippen LogP contribution in [0.1, 0.15) is 49.8 Å². The van der Waals surface area contributed by atoms with Gasteiger partial charge in [-0.25, -0.2) is 4.98 Å². The molecule has 0 saturated carbocycles. The van der Waals surface area contributed by atoms with Crippen LogP contribution in [-0.4, -0.2) is 37.7 Å². The smallest absolute Gasteiger partial charge is 0.231 e. The molecule has 3 heterocycles. The van der Waals surface area contributed by atoms with Gasteiger partial charge < -0.3 is 9.09 Å². The van der Waals surface area contributed by atoms with Crippen molar-refractivity contribution in [2.24, 2.45) is 0 Å². The molecule has 0 radical (unpaired) electrons. The Balaban J connectivity index is 1.64. The Morgan fingerprint density at radius 2 is 2.30 bits per heavy atom. The molecule has 0 unspecified atom stereocenters. The summed E-state index contributed by atoms with van der Waals surface area (Å²) in [7, 11) is 0. The average molecular weight is 275 g/mol. The van der Waals surface area contributed by atoms with Gasteiger partial charge in [0.05, 0.1) is 12.5 Å². The van der Waals surface area contributed by atoms with Gasteiger partial charge in [0.25, 0.3) is 0 Å². The molecule has 0 N–H and O–H groups in total. The second-order valence-electron chi connectivity index (χ2n) is 5.75. The monoisotopic (exact) mass is 275 g/mol. The van der Waals surface area contributed by atoms with Crippen LogP contribution in [0.3, 0.4) is 0 Å². The van der Waals surface area contributed by atoms with Gasteiger partial charge in [-0.05, 0) is 33.7 Å². The lowest BCUT2D eigenvalue weighted by Crippen LogP contribution is -2.22. The van der Waals surface area contributed by atoms with E-state index < -0.39 is 0 Å². The number of rotatable bonds is 4. The Hall–Kier alpha value is -1.69. The largest absolute Gasteiger partial charge is 0.339 e. The molecule has 108 valence electrons. The molecule has 0 amide bonds. The van der Waals surface area contributed by atoms with Gasteiger partial charge in [0.2, 0.25) is 5.89 Å². The fourth-order valence-electron chi connectivity index (χ4n) is 2.79. The highest BCUT2D eigenvalue weighted by molar-refractivity contribution is 5.00. The summed E-state index contributed by atoms with van der Waals surface area (Å²) in [5, 5.41) is 3.88. The summed E-state index contributed by atoms with van der Waals surface area (Å²) >= 11 is 0. The third-order valence-corrected chi connectivity index (χ3v) is 3.84. The van der Waals surface area contributed by atoms with Crippen molar-refractivity contribution in [2.75, 3.05) is 13.1 Å². The first kappa shape index (κ1) is 13.3. The van der Waals surface area contributed by atoms with Crippen molar-refractivity contribution in [3.8, 4) is 0 Å². The van der Waals surface area contributed by atoms with Crippen molar-refractivity contribution in [3.05, 3.63) is 29.9 Å². The van der Waals surface area contributed by atoms with E-state index in [0.29, 0.717) is 17.8 Å². The average Bonchev–Trinajstić information content (AvgIpc) is 3.09. The third kappa shape index (κ3) is 2.60. The van der Waals surface area contributed by atoms with E-state index in [1.807, 2.05) is 13.1 Å². The quantitative estimate of drug-likeness (QED) is 0.855. The highest BCUT2D eigenvalue weighted by Crippen LogP contribution is 2.27. The minimum atomic E-state index is 0.360. The van der Waals surface area contributed by atoms with Gasteiger partial charge in [0.1, 0.15) is 5.82 Å². The molecule has 0 aliphatic carbocycles. The topological polar surface area (TPSA) is 60.0 Å². The van der Waals surface area contributed by atoms with Crippen LogP contribution in [0.4, 0.5) is 0 Å². The zero-order chi connectivity index (χ0) is 14.1. The molecule has 0 aromatic carbocycles. The normalized spacial score (nSPS) is 20.1. The first-order valence-electron chi connectivity index (χ1n) is 7.17. The molecule has 0 spiro atoms. The molecule has 1 atom stereocenters. The Morgan fingerprint density at radius 3 is 3.00 bits per heavy atom. The van der Waals surface area contributed by atoms with Crippen LogP contribution < -0.4 is 0 Å². The first-order valence-corrected chi connectivity index (χ1v) is 7.17. The van der Waals surface area contributed by atoms with E-state index in [2.05, 4.69) is 44.6 Å². The number of aryl methyl sites for hydroxylation is 1. The second-order valence-corrected chi connectivity index (χ2v) is 5.75. The van der Waals surface area contributed by atoms with Gasteiger partial charge >= 0.3 is 0 Å². The predicted octanol–water partition coefficient (Wildman–Crippen LogP) is 2.14. The second kappa shape index (κ2) is 5.36. The van der Waals surface area contributed by atoms with Crippen LogP contribution in [-0.2, 0) is 6.54 Å². The number of imidazole rings is 1. The molecule has 6 nitrogen and oxygen atoms in total. The molecule has 0 bridgehead atoms. The van der Waals surface area contributed by atoms with Crippen LogP contribution in [0.25, 0.3) is 0 Å². The van der Waals surface area contributed by atoms with Crippen molar-refractivity contribution in [3.63, 3.8) is 0 Å². The Kier molecular flexibility index (Phi) is 3.56. The highest BCUT2D eigenvalue weighted by Gasteiger charge is 2.28. The predicted molar refractivity (Wildman–Crippen MR) is 74.3 cm³/mol. The number of likely N-dealkylation sites (tertiary alicyclic amines) is 1. The zero-order valence-corrected chi connectivity index (χ0v) is 12.3. The number of hydrogen-bond donors (Lipinski definition) is 0. The maximum absolute atomic E-state index is 5.29. The summed E-state index contributed by atoms with van der Waals surface area (Å²) < 4.78 is 7.51. The lowest BCUT2D eigenvalue weighted by Gasteiger charge is -2.17. The first-order chi connectivity index (χ1) is 9.63. The van der Waals surface area contributed by atoms with E-state index in [0.717, 1.165) is 37.8 Å². The van der Waals surface area contributed by atoms with E-state index in [-0.39, 0.29) is 0 Å². The molecule has 1 fully saturated rings. The summed E-state index contributed by atoms with van der Waals surface area (Å²) in [5.74, 6) is 2.98. The van der Waals surface area contributed by atoms with Crippen LogP contribution in [0.2, 0.25) is 0 Å². The van der Waals surface area contributed by atoms with Crippen LogP contribution in [0.5, 0.6) is 0 Å². The summed E-state index contributed by atoms with van der Waals surface area (Å²) in [6.07, 6.45) is 5.00. The molecule has 1 saturated heterocycles. The van der Waals surface area contributed by atoms with E-state index in [1.54, 1.807) is 0 Å². The molecule has 1 aliphatic rings. The van der Waals surface area contributed by atoms with E-state index >= 15 is 0 Å². The van der Waals surface area contributed by atoms with Crippen LogP contribution in [0, 0.1) is 6.92 Å². The van der Waals surface area contributed by atoms with E-state index in [4.69, 9.17) is 4.52 Å². The minimum Gasteiger partial charge on any atom is -0.339 e. The maximum Gasteiger partial charge on any atom is 0.231 e. The van der Waals surface area contributed by atoms with Crippen LogP contribution in [0.15, 0.2) is 16.9 Å². The van der Waals surface area contributed by atoms with E-state index in [9.17, 15) is 0 Å². The zero-order valence-electron chi connectivity index (χ0n) is 12.3. The molecule has 2 aromatic heterocycles. The van der Waals surface area contributed by atoms with Crippen molar-refractivity contribution < 1.29 is 4.52 Å². The Bertz CT molecular complexity index is 574. The lowest BCUT2D eigenvalue weighted by molar-refractivity contribution is 0.296. The Morgan fingerprint density at radius 1 is 1.45 bits per heavy atom. The fourth-order valence-corrected chi connectivity index (χ4v) is 2.79. The maximum atomic E-state index is 5.29. The highest BCUT2D eigenvalue weighted by atomic mass is 16.5. The molecule has 3 rings (SSSR count). The number of aromatic nitrogens is 4. The molecule has 6 heteroatoms. The summed E-state index contributed by atoms with van der Waals surface area (Å²) in [6.45, 7) is 9.12. The third-order valence-electron chi connectivity index (χ3n) is 3.84. The van der Waals surface area contributed by atoms with Crippen molar-refractivity contribution in [2.45, 2.75) is 45.7 Å². The molecular weight excluding hydrogens is 254 g/mol. The van der Waals surface area contributed by atoms with Crippen LogP contribution >= 0.6 is 0 Å². The van der Waals surface area contributed by atoms with Crippen molar-refractivity contribution >= 4 is 0 Å². The molecule has 2 aromatic rings. The van der Waals surface area contributed by atoms with Gasteiger partial charge in [-0.3, -0.25) is 4.90 Å².